The molecule has 0 unspecified atom stereocenters. The lowest BCUT2D eigenvalue weighted by molar-refractivity contribution is -0.139. The van der Waals surface area contributed by atoms with Crippen LogP contribution in [0.25, 0.3) is 0 Å². The van der Waals surface area contributed by atoms with Gasteiger partial charge >= 0.3 is 5.97 Å². The van der Waals surface area contributed by atoms with Gasteiger partial charge in [0.2, 0.25) is 0 Å². The lowest BCUT2D eigenvalue weighted by atomic mass is 10.1. The maximum Gasteiger partial charge on any atom is 0.310 e. The van der Waals surface area contributed by atoms with Crippen molar-refractivity contribution in [2.75, 3.05) is 19.1 Å². The quantitative estimate of drug-likeness (QED) is 0.759. The Labute approximate surface area is 145 Å². The summed E-state index contributed by atoms with van der Waals surface area (Å²) in [5, 5.41) is 0. The molecule has 0 saturated carbocycles. The van der Waals surface area contributed by atoms with Gasteiger partial charge in [-0.05, 0) is 42.8 Å². The summed E-state index contributed by atoms with van der Waals surface area (Å²) in [6.07, 6.45) is 1.05. The third-order valence-corrected chi connectivity index (χ3v) is 4.89. The number of esters is 1. The van der Waals surface area contributed by atoms with Crippen LogP contribution in [0.15, 0.2) is 46.2 Å². The number of nitrogens with one attached hydrogen (secondary N) is 1. The first-order chi connectivity index (χ1) is 11.8. The predicted octanol–water partition coefficient (Wildman–Crippen LogP) is 0.813. The highest BCUT2D eigenvalue weighted by Crippen LogP contribution is 2.15. The molecular weight excluding hydrogens is 348 g/mol. The molecule has 25 heavy (non-hydrogen) atoms. The lowest BCUT2D eigenvalue weighted by Crippen LogP contribution is -2.35. The number of nitrogens with zero attached hydrogens (tertiary/aromatic N) is 1. The molecular formula is C16H18N2O6S. The van der Waals surface area contributed by atoms with Crippen LogP contribution in [-0.4, -0.2) is 33.3 Å². The molecule has 134 valence electrons. The van der Waals surface area contributed by atoms with Crippen molar-refractivity contribution in [3.63, 3.8) is 0 Å². The molecule has 0 amide bonds. The first-order valence-corrected chi connectivity index (χ1v) is 8.71. The molecule has 1 heterocycles. The summed E-state index contributed by atoms with van der Waals surface area (Å²) in [6, 6.07) is 7.24. The number of aryl methyl sites for hydroxylation is 1. The minimum Gasteiger partial charge on any atom is -0.497 e. The lowest BCUT2D eigenvalue weighted by Gasteiger charge is -2.13. The van der Waals surface area contributed by atoms with Crippen molar-refractivity contribution in [1.29, 1.82) is 0 Å². The number of aromatic nitrogens is 1. The molecule has 1 aromatic carbocycles. The van der Waals surface area contributed by atoms with Gasteiger partial charge in [-0.15, -0.1) is 0 Å². The van der Waals surface area contributed by atoms with E-state index in [1.807, 2.05) is 0 Å². The molecule has 0 radical (unpaired) electrons. The first-order valence-electron chi connectivity index (χ1n) is 7.23. The number of carbonyl (C=O) groups excluding carboxylic acids is 1. The molecule has 0 spiro atoms. The Morgan fingerprint density at radius 2 is 1.80 bits per heavy atom. The monoisotopic (exact) mass is 366 g/mol. The van der Waals surface area contributed by atoms with Crippen molar-refractivity contribution in [3.05, 3.63) is 58.0 Å². The van der Waals surface area contributed by atoms with Crippen LogP contribution in [0.4, 0.5) is 0 Å². The van der Waals surface area contributed by atoms with Crippen LogP contribution in [0, 0.1) is 6.92 Å². The fourth-order valence-corrected chi connectivity index (χ4v) is 3.11. The minimum atomic E-state index is -3.98. The average Bonchev–Trinajstić information content (AvgIpc) is 2.60. The number of rotatable bonds is 6. The van der Waals surface area contributed by atoms with Crippen molar-refractivity contribution in [2.24, 2.45) is 0 Å². The van der Waals surface area contributed by atoms with E-state index in [0.29, 0.717) is 11.3 Å². The third-order valence-electron chi connectivity index (χ3n) is 3.56. The number of ether oxygens (including phenoxy) is 2. The number of hydrogen-bond acceptors (Lipinski definition) is 6. The van der Waals surface area contributed by atoms with E-state index in [4.69, 9.17) is 4.74 Å². The molecule has 2 aromatic rings. The molecule has 0 aliphatic carbocycles. The SMILES string of the molecule is COC(=O)Cc1c(C)ccn(NS(=O)(=O)c2ccc(OC)cc2)c1=O. The van der Waals surface area contributed by atoms with Crippen LogP contribution in [0.3, 0.4) is 0 Å². The molecule has 2 rings (SSSR count). The summed E-state index contributed by atoms with van der Waals surface area (Å²) in [7, 11) is -1.30. The Bertz CT molecular complexity index is 932. The molecule has 0 saturated heterocycles. The normalized spacial score (nSPS) is 11.0. The second kappa shape index (κ2) is 7.39. The molecule has 0 aliphatic heterocycles. The maximum atomic E-state index is 12.5. The number of methoxy groups -OCH3 is 2. The van der Waals surface area contributed by atoms with Gasteiger partial charge < -0.3 is 9.47 Å². The molecule has 0 bridgehead atoms. The Hall–Kier alpha value is -2.81. The second-order valence-corrected chi connectivity index (χ2v) is 6.84. The van der Waals surface area contributed by atoms with Crippen molar-refractivity contribution in [1.82, 2.24) is 4.68 Å². The number of carbonyl (C=O) groups is 1. The van der Waals surface area contributed by atoms with Gasteiger partial charge in [0.25, 0.3) is 15.6 Å². The van der Waals surface area contributed by atoms with Crippen LogP contribution >= 0.6 is 0 Å². The molecule has 9 heteroatoms. The highest BCUT2D eigenvalue weighted by Gasteiger charge is 2.18. The van der Waals surface area contributed by atoms with Crippen LogP contribution in [0.5, 0.6) is 5.75 Å². The van der Waals surface area contributed by atoms with Crippen LogP contribution in [0.1, 0.15) is 11.1 Å². The first kappa shape index (κ1) is 18.5. The molecule has 0 atom stereocenters. The topological polar surface area (TPSA) is 104 Å². The zero-order valence-corrected chi connectivity index (χ0v) is 14.8. The highest BCUT2D eigenvalue weighted by atomic mass is 32.2. The van der Waals surface area contributed by atoms with Crippen molar-refractivity contribution < 1.29 is 22.7 Å². The average molecular weight is 366 g/mol. The van der Waals surface area contributed by atoms with Crippen molar-refractivity contribution >= 4 is 16.0 Å². The van der Waals surface area contributed by atoms with Gasteiger partial charge in [0, 0.05) is 11.8 Å². The second-order valence-electron chi connectivity index (χ2n) is 5.18. The number of sulfonamides is 1. The van der Waals surface area contributed by atoms with Crippen LogP contribution < -0.4 is 15.1 Å². The van der Waals surface area contributed by atoms with E-state index in [2.05, 4.69) is 9.57 Å². The standard InChI is InChI=1S/C16H18N2O6S/c1-11-8-9-18(16(20)14(11)10-15(19)24-3)17-25(21,22)13-6-4-12(23-2)5-7-13/h4-9,17H,10H2,1-3H3. The Morgan fingerprint density at radius 1 is 1.16 bits per heavy atom. The molecule has 0 fully saturated rings. The minimum absolute atomic E-state index is 0.0321. The number of pyridine rings is 1. The van der Waals surface area contributed by atoms with E-state index in [1.54, 1.807) is 6.92 Å². The fourth-order valence-electron chi connectivity index (χ4n) is 2.11. The summed E-state index contributed by atoms with van der Waals surface area (Å²) >= 11 is 0. The number of hydrogen-bond donors (Lipinski definition) is 1. The fraction of sp³-hybridized carbons (Fsp3) is 0.250. The smallest absolute Gasteiger partial charge is 0.310 e. The van der Waals surface area contributed by atoms with Crippen LogP contribution in [-0.2, 0) is 26.0 Å². The summed E-state index contributed by atoms with van der Waals surface area (Å²) in [5.41, 5.74) is 0.0876. The van der Waals surface area contributed by atoms with E-state index >= 15 is 0 Å². The van der Waals surface area contributed by atoms with Gasteiger partial charge in [-0.25, -0.2) is 9.51 Å². The molecule has 0 aliphatic rings. The van der Waals surface area contributed by atoms with Gasteiger partial charge in [0.05, 0.1) is 25.5 Å². The zero-order chi connectivity index (χ0) is 18.6. The number of benzene rings is 1. The Balaban J connectivity index is 2.37. The molecule has 8 nitrogen and oxygen atoms in total. The van der Waals surface area contributed by atoms with Gasteiger partial charge in [0.1, 0.15) is 5.75 Å². The predicted molar refractivity (Wildman–Crippen MR) is 90.7 cm³/mol. The molecule has 1 aromatic heterocycles. The zero-order valence-electron chi connectivity index (χ0n) is 14.0. The van der Waals surface area contributed by atoms with Crippen LogP contribution in [0.2, 0.25) is 0 Å². The maximum absolute atomic E-state index is 12.5. The third kappa shape index (κ3) is 4.18. The Morgan fingerprint density at radius 3 is 2.36 bits per heavy atom. The largest absolute Gasteiger partial charge is 0.497 e. The van der Waals surface area contributed by atoms with E-state index in [1.165, 1.54) is 50.7 Å². The van der Waals surface area contributed by atoms with Gasteiger partial charge in [0.15, 0.2) is 0 Å². The van der Waals surface area contributed by atoms with Gasteiger partial charge in [-0.3, -0.25) is 9.59 Å². The highest BCUT2D eigenvalue weighted by molar-refractivity contribution is 7.92. The Kier molecular flexibility index (Phi) is 5.48. The summed E-state index contributed by atoms with van der Waals surface area (Å²) in [6.45, 7) is 1.65. The van der Waals surface area contributed by atoms with Crippen molar-refractivity contribution in [3.8, 4) is 5.75 Å². The van der Waals surface area contributed by atoms with E-state index in [9.17, 15) is 18.0 Å². The van der Waals surface area contributed by atoms with E-state index in [-0.39, 0.29) is 16.9 Å². The van der Waals surface area contributed by atoms with E-state index < -0.39 is 21.6 Å². The summed E-state index contributed by atoms with van der Waals surface area (Å²) in [5.74, 6) is -0.0808. The summed E-state index contributed by atoms with van der Waals surface area (Å²) in [4.78, 5) is 26.1. The molecule has 1 N–H and O–H groups in total. The summed E-state index contributed by atoms with van der Waals surface area (Å²) < 4.78 is 35.2. The van der Waals surface area contributed by atoms with Gasteiger partial charge in [-0.1, -0.05) is 0 Å². The van der Waals surface area contributed by atoms with Gasteiger partial charge in [-0.2, -0.15) is 8.42 Å². The van der Waals surface area contributed by atoms with E-state index in [0.717, 1.165) is 4.68 Å². The van der Waals surface area contributed by atoms with Crippen molar-refractivity contribution in [2.45, 2.75) is 18.2 Å².